The van der Waals surface area contributed by atoms with Gasteiger partial charge in [-0.15, -0.1) is 0 Å². The molecule has 0 aromatic rings. The van der Waals surface area contributed by atoms with Gasteiger partial charge < -0.3 is 15.2 Å². The van der Waals surface area contributed by atoms with E-state index in [4.69, 9.17) is 4.74 Å². The maximum atomic E-state index is 13.5. The van der Waals surface area contributed by atoms with Gasteiger partial charge in [-0.3, -0.25) is 0 Å². The minimum Gasteiger partial charge on any atom is -0.444 e. The van der Waals surface area contributed by atoms with E-state index in [9.17, 15) is 14.3 Å². The third-order valence-electron chi connectivity index (χ3n) is 2.45. The molecule has 0 aliphatic heterocycles. The van der Waals surface area contributed by atoms with Crippen molar-refractivity contribution in [1.29, 1.82) is 0 Å². The van der Waals surface area contributed by atoms with Gasteiger partial charge in [0.25, 0.3) is 0 Å². The molecule has 0 unspecified atom stereocenters. The summed E-state index contributed by atoms with van der Waals surface area (Å²) in [5.41, 5.74) is -0.579. The van der Waals surface area contributed by atoms with Crippen LogP contribution in [0.1, 0.15) is 40.0 Å². The van der Waals surface area contributed by atoms with Crippen LogP contribution in [-0.2, 0) is 4.74 Å². The van der Waals surface area contributed by atoms with Gasteiger partial charge in [-0.25, -0.2) is 9.18 Å². The van der Waals surface area contributed by atoms with Crippen molar-refractivity contribution in [3.63, 3.8) is 0 Å². The molecule has 0 aromatic heterocycles. The van der Waals surface area contributed by atoms with Crippen molar-refractivity contribution in [1.82, 2.24) is 5.32 Å². The van der Waals surface area contributed by atoms with Gasteiger partial charge in [0.2, 0.25) is 0 Å². The second kappa shape index (κ2) is 4.99. The predicted octanol–water partition coefficient (Wildman–Crippen LogP) is 1.76. The molecule has 0 aromatic carbocycles. The molecule has 5 heteroatoms. The molecule has 1 fully saturated rings. The van der Waals surface area contributed by atoms with Crippen LogP contribution in [0, 0.1) is 0 Å². The zero-order valence-electron chi connectivity index (χ0n) is 10.00. The number of ether oxygens (including phenoxy) is 1. The first-order valence-electron chi connectivity index (χ1n) is 5.59. The standard InChI is InChI=1S/C11H20FNO3/c1-11(2,3)16-10(15)13-9-5-4-7(14)6-8(9)12/h7-9,14H,4-6H2,1-3H3,(H,13,15)/t7-,8-,9+/m1/s1. The van der Waals surface area contributed by atoms with Gasteiger partial charge >= 0.3 is 6.09 Å². The Kier molecular flexibility index (Phi) is 4.13. The molecule has 1 rings (SSSR count). The fraction of sp³-hybridized carbons (Fsp3) is 0.909. The lowest BCUT2D eigenvalue weighted by Crippen LogP contribution is -2.47. The van der Waals surface area contributed by atoms with Gasteiger partial charge in [-0.1, -0.05) is 0 Å². The Morgan fingerprint density at radius 1 is 1.44 bits per heavy atom. The second-order valence-corrected chi connectivity index (χ2v) is 5.24. The van der Waals surface area contributed by atoms with Gasteiger partial charge in [0.15, 0.2) is 0 Å². The number of alkyl carbamates (subject to hydrolysis) is 1. The Hall–Kier alpha value is -0.840. The average Bonchev–Trinajstić information content (AvgIpc) is 2.06. The predicted molar refractivity (Wildman–Crippen MR) is 57.9 cm³/mol. The monoisotopic (exact) mass is 233 g/mol. The van der Waals surface area contributed by atoms with Gasteiger partial charge in [-0.2, -0.15) is 0 Å². The summed E-state index contributed by atoms with van der Waals surface area (Å²) < 4.78 is 18.5. The molecule has 0 radical (unpaired) electrons. The lowest BCUT2D eigenvalue weighted by molar-refractivity contribution is 0.0325. The molecule has 2 N–H and O–H groups in total. The molecule has 1 aliphatic rings. The number of halogens is 1. The van der Waals surface area contributed by atoms with E-state index < -0.39 is 30.0 Å². The normalized spacial score (nSPS) is 30.9. The number of carbonyl (C=O) groups is 1. The molecule has 0 saturated heterocycles. The van der Waals surface area contributed by atoms with Crippen LogP contribution in [0.15, 0.2) is 0 Å². The first kappa shape index (κ1) is 13.2. The summed E-state index contributed by atoms with van der Waals surface area (Å²) in [5, 5.41) is 11.7. The van der Waals surface area contributed by atoms with Crippen LogP contribution in [-0.4, -0.2) is 35.1 Å². The smallest absolute Gasteiger partial charge is 0.407 e. The Morgan fingerprint density at radius 3 is 2.56 bits per heavy atom. The van der Waals surface area contributed by atoms with Gasteiger partial charge in [0.05, 0.1) is 12.1 Å². The van der Waals surface area contributed by atoms with Crippen LogP contribution in [0.5, 0.6) is 0 Å². The number of aliphatic hydroxyl groups is 1. The number of alkyl halides is 1. The molecule has 1 amide bonds. The quantitative estimate of drug-likeness (QED) is 0.725. The van der Waals surface area contributed by atoms with E-state index in [1.54, 1.807) is 20.8 Å². The minimum atomic E-state index is -1.20. The molecule has 0 heterocycles. The second-order valence-electron chi connectivity index (χ2n) is 5.24. The molecule has 3 atom stereocenters. The molecule has 16 heavy (non-hydrogen) atoms. The van der Waals surface area contributed by atoms with Crippen molar-refractivity contribution < 1.29 is 19.0 Å². The first-order chi connectivity index (χ1) is 7.28. The van der Waals surface area contributed by atoms with E-state index in [0.29, 0.717) is 12.8 Å². The number of hydrogen-bond donors (Lipinski definition) is 2. The average molecular weight is 233 g/mol. The van der Waals surface area contributed by atoms with Crippen molar-refractivity contribution in [3.8, 4) is 0 Å². The van der Waals surface area contributed by atoms with Crippen molar-refractivity contribution in [2.75, 3.05) is 0 Å². The van der Waals surface area contributed by atoms with Crippen molar-refractivity contribution >= 4 is 6.09 Å². The summed E-state index contributed by atoms with van der Waals surface area (Å²) in [6.45, 7) is 5.26. The summed E-state index contributed by atoms with van der Waals surface area (Å²) in [6, 6.07) is -0.543. The number of carbonyl (C=O) groups excluding carboxylic acids is 1. The molecular weight excluding hydrogens is 213 g/mol. The third kappa shape index (κ3) is 4.35. The van der Waals surface area contributed by atoms with Crippen LogP contribution in [0.4, 0.5) is 9.18 Å². The van der Waals surface area contributed by atoms with Gasteiger partial charge in [0, 0.05) is 6.42 Å². The number of nitrogens with one attached hydrogen (secondary N) is 1. The summed E-state index contributed by atoms with van der Waals surface area (Å²) >= 11 is 0. The number of amides is 1. The van der Waals surface area contributed by atoms with Crippen LogP contribution in [0.25, 0.3) is 0 Å². The highest BCUT2D eigenvalue weighted by Gasteiger charge is 2.31. The van der Waals surface area contributed by atoms with E-state index in [-0.39, 0.29) is 6.42 Å². The van der Waals surface area contributed by atoms with E-state index in [2.05, 4.69) is 5.32 Å². The number of aliphatic hydroxyl groups excluding tert-OH is 1. The molecule has 1 aliphatic carbocycles. The fourth-order valence-electron chi connectivity index (χ4n) is 1.72. The van der Waals surface area contributed by atoms with Crippen molar-refractivity contribution in [3.05, 3.63) is 0 Å². The van der Waals surface area contributed by atoms with E-state index in [1.807, 2.05) is 0 Å². The molecule has 4 nitrogen and oxygen atoms in total. The number of rotatable bonds is 1. The Bertz CT molecular complexity index is 252. The summed E-state index contributed by atoms with van der Waals surface area (Å²) in [5.74, 6) is 0. The van der Waals surface area contributed by atoms with E-state index in [1.165, 1.54) is 0 Å². The highest BCUT2D eigenvalue weighted by molar-refractivity contribution is 5.68. The van der Waals surface area contributed by atoms with Crippen LogP contribution in [0.3, 0.4) is 0 Å². The van der Waals surface area contributed by atoms with Crippen LogP contribution < -0.4 is 5.32 Å². The van der Waals surface area contributed by atoms with E-state index in [0.717, 1.165) is 0 Å². The minimum absolute atomic E-state index is 0.0838. The topological polar surface area (TPSA) is 58.6 Å². The van der Waals surface area contributed by atoms with Crippen molar-refractivity contribution in [2.45, 2.75) is 64.0 Å². The maximum absolute atomic E-state index is 13.5. The highest BCUT2D eigenvalue weighted by atomic mass is 19.1. The molecule has 94 valence electrons. The number of hydrogen-bond acceptors (Lipinski definition) is 3. The summed E-state index contributed by atoms with van der Waals surface area (Å²) in [6.07, 6.45) is -1.34. The first-order valence-corrected chi connectivity index (χ1v) is 5.59. The molecule has 0 bridgehead atoms. The lowest BCUT2D eigenvalue weighted by atomic mass is 9.91. The Morgan fingerprint density at radius 2 is 2.06 bits per heavy atom. The molecular formula is C11H20FNO3. The fourth-order valence-corrected chi connectivity index (χ4v) is 1.72. The zero-order chi connectivity index (χ0) is 12.3. The molecule has 0 spiro atoms. The SMILES string of the molecule is CC(C)(C)OC(=O)N[C@H]1CC[C@@H](O)C[C@H]1F. The van der Waals surface area contributed by atoms with Crippen LogP contribution >= 0.6 is 0 Å². The Labute approximate surface area is 95.2 Å². The van der Waals surface area contributed by atoms with Crippen molar-refractivity contribution in [2.24, 2.45) is 0 Å². The maximum Gasteiger partial charge on any atom is 0.407 e. The van der Waals surface area contributed by atoms with E-state index >= 15 is 0 Å². The molecule has 1 saturated carbocycles. The zero-order valence-corrected chi connectivity index (χ0v) is 10.00. The summed E-state index contributed by atoms with van der Waals surface area (Å²) in [7, 11) is 0. The Balaban J connectivity index is 2.39. The largest absolute Gasteiger partial charge is 0.444 e. The lowest BCUT2D eigenvalue weighted by Gasteiger charge is -2.30. The highest BCUT2D eigenvalue weighted by Crippen LogP contribution is 2.22. The third-order valence-corrected chi connectivity index (χ3v) is 2.45. The van der Waals surface area contributed by atoms with Gasteiger partial charge in [-0.05, 0) is 33.6 Å². The van der Waals surface area contributed by atoms with Gasteiger partial charge in [0.1, 0.15) is 11.8 Å². The summed E-state index contributed by atoms with van der Waals surface area (Å²) in [4.78, 5) is 11.4. The van der Waals surface area contributed by atoms with Crippen LogP contribution in [0.2, 0.25) is 0 Å².